The van der Waals surface area contributed by atoms with Crippen LogP contribution >= 0.6 is 0 Å². The molecule has 0 fully saturated rings. The summed E-state index contributed by atoms with van der Waals surface area (Å²) >= 11 is 0. The number of rotatable bonds is 8. The van der Waals surface area contributed by atoms with Gasteiger partial charge in [-0.3, -0.25) is 14.4 Å². The second-order valence-corrected chi connectivity index (χ2v) is 7.16. The molecule has 2 aromatic carbocycles. The maximum absolute atomic E-state index is 12.3. The van der Waals surface area contributed by atoms with E-state index in [0.717, 1.165) is 22.4 Å². The Hall–Kier alpha value is -3.15. The molecule has 0 heterocycles. The molecule has 2 amide bonds. The van der Waals surface area contributed by atoms with Crippen molar-refractivity contribution in [3.05, 3.63) is 58.7 Å². The number of carbonyl (C=O) groups excluding carboxylic acids is 3. The van der Waals surface area contributed by atoms with E-state index in [9.17, 15) is 14.4 Å². The summed E-state index contributed by atoms with van der Waals surface area (Å²) in [6.07, 6.45) is 0.438. The van der Waals surface area contributed by atoms with E-state index in [1.54, 1.807) is 38.2 Å². The van der Waals surface area contributed by atoms with Crippen molar-refractivity contribution in [1.29, 1.82) is 0 Å². The quantitative estimate of drug-likeness (QED) is 0.691. The third-order valence-corrected chi connectivity index (χ3v) is 4.61. The average molecular weight is 396 g/mol. The zero-order chi connectivity index (χ0) is 21.6. The fraction of sp³-hybridized carbons (Fsp3) is 0.348. The molecule has 0 radical (unpaired) electrons. The number of hydrogen-bond donors (Lipinski definition) is 1. The van der Waals surface area contributed by atoms with E-state index < -0.39 is 0 Å². The Morgan fingerprint density at radius 1 is 1.00 bits per heavy atom. The second kappa shape index (κ2) is 9.87. The van der Waals surface area contributed by atoms with Crippen LogP contribution in [0, 0.1) is 20.8 Å². The monoisotopic (exact) mass is 396 g/mol. The number of Topliss-reactive ketones (excluding diaryl/α,β-unsaturated/α-hetero) is 1. The minimum Gasteiger partial charge on any atom is -0.484 e. The molecule has 1 N–H and O–H groups in total. The molecule has 0 saturated carbocycles. The lowest BCUT2D eigenvalue weighted by Crippen LogP contribution is -2.37. The predicted molar refractivity (Wildman–Crippen MR) is 113 cm³/mol. The zero-order valence-electron chi connectivity index (χ0n) is 17.7. The minimum absolute atomic E-state index is 0.0532. The number of benzene rings is 2. The van der Waals surface area contributed by atoms with Gasteiger partial charge in [0.2, 0.25) is 5.91 Å². The largest absolute Gasteiger partial charge is 0.484 e. The minimum atomic E-state index is -0.314. The molecule has 0 aromatic heterocycles. The highest BCUT2D eigenvalue weighted by Gasteiger charge is 2.15. The molecule has 6 heteroatoms. The van der Waals surface area contributed by atoms with Crippen LogP contribution < -0.4 is 10.1 Å². The molecule has 0 atom stereocenters. The normalized spacial score (nSPS) is 10.4. The third kappa shape index (κ3) is 6.17. The summed E-state index contributed by atoms with van der Waals surface area (Å²) in [5.74, 6) is -0.0308. The molecule has 29 heavy (non-hydrogen) atoms. The molecular weight excluding hydrogens is 368 g/mol. The number of amides is 2. The number of likely N-dealkylation sites (N-methyl/N-ethyl adjacent to an activating group) is 1. The van der Waals surface area contributed by atoms with E-state index in [4.69, 9.17) is 4.74 Å². The van der Waals surface area contributed by atoms with Crippen LogP contribution in [0.4, 0.5) is 5.69 Å². The van der Waals surface area contributed by atoms with Crippen LogP contribution in [-0.4, -0.2) is 42.7 Å². The number of ether oxygens (including phenoxy) is 1. The summed E-state index contributed by atoms with van der Waals surface area (Å²) in [5.41, 5.74) is 4.49. The van der Waals surface area contributed by atoms with Crippen LogP contribution in [-0.2, 0) is 9.59 Å². The Morgan fingerprint density at radius 3 is 2.14 bits per heavy atom. The van der Waals surface area contributed by atoms with Crippen LogP contribution in [0.5, 0.6) is 5.75 Å². The van der Waals surface area contributed by atoms with E-state index in [2.05, 4.69) is 5.32 Å². The highest BCUT2D eigenvalue weighted by atomic mass is 16.5. The molecule has 154 valence electrons. The van der Waals surface area contributed by atoms with Crippen molar-refractivity contribution in [3.63, 3.8) is 0 Å². The van der Waals surface area contributed by atoms with Gasteiger partial charge in [-0.05, 0) is 56.2 Å². The number of nitrogens with one attached hydrogen (secondary N) is 1. The number of nitrogens with zero attached hydrogens (tertiary/aromatic N) is 1. The number of anilines is 1. The first-order valence-corrected chi connectivity index (χ1v) is 9.59. The first-order chi connectivity index (χ1) is 13.7. The summed E-state index contributed by atoms with van der Waals surface area (Å²) in [4.78, 5) is 37.6. The SMILES string of the molecule is CCC(=O)c1ccc(OCC(=O)N(C)CC(=O)Nc2c(C)cc(C)cc2C)cc1. The lowest BCUT2D eigenvalue weighted by molar-refractivity contribution is -0.135. The molecule has 0 aliphatic heterocycles. The van der Waals surface area contributed by atoms with Crippen LogP contribution in [0.2, 0.25) is 0 Å². The molecule has 0 aliphatic carbocycles. The second-order valence-electron chi connectivity index (χ2n) is 7.16. The van der Waals surface area contributed by atoms with Crippen molar-refractivity contribution in [2.45, 2.75) is 34.1 Å². The maximum Gasteiger partial charge on any atom is 0.260 e. The molecule has 6 nitrogen and oxygen atoms in total. The number of hydrogen-bond acceptors (Lipinski definition) is 4. The van der Waals surface area contributed by atoms with Gasteiger partial charge in [0.15, 0.2) is 12.4 Å². The van der Waals surface area contributed by atoms with Crippen LogP contribution in [0.3, 0.4) is 0 Å². The molecule has 0 saturated heterocycles. The highest BCUT2D eigenvalue weighted by molar-refractivity contribution is 5.96. The van der Waals surface area contributed by atoms with Gasteiger partial charge in [0.05, 0.1) is 6.54 Å². The van der Waals surface area contributed by atoms with Gasteiger partial charge in [-0.15, -0.1) is 0 Å². The van der Waals surface area contributed by atoms with Gasteiger partial charge in [-0.2, -0.15) is 0 Å². The van der Waals surface area contributed by atoms with Gasteiger partial charge >= 0.3 is 0 Å². The molecule has 2 rings (SSSR count). The highest BCUT2D eigenvalue weighted by Crippen LogP contribution is 2.21. The van der Waals surface area contributed by atoms with Crippen molar-refractivity contribution in [1.82, 2.24) is 4.90 Å². The van der Waals surface area contributed by atoms with Crippen LogP contribution in [0.1, 0.15) is 40.4 Å². The summed E-state index contributed by atoms with van der Waals surface area (Å²) in [6, 6.07) is 10.7. The van der Waals surface area contributed by atoms with E-state index in [1.165, 1.54) is 4.90 Å². The van der Waals surface area contributed by atoms with Crippen molar-refractivity contribution >= 4 is 23.3 Å². The number of ketones is 1. The fourth-order valence-electron chi connectivity index (χ4n) is 3.06. The summed E-state index contributed by atoms with van der Waals surface area (Å²) < 4.78 is 5.47. The van der Waals surface area contributed by atoms with Gasteiger partial charge in [-0.25, -0.2) is 0 Å². The summed E-state index contributed by atoms with van der Waals surface area (Å²) in [7, 11) is 1.56. The van der Waals surface area contributed by atoms with Crippen molar-refractivity contribution < 1.29 is 19.1 Å². The van der Waals surface area contributed by atoms with Gasteiger partial charge in [0.1, 0.15) is 5.75 Å². The Kier molecular flexibility index (Phi) is 7.53. The maximum atomic E-state index is 12.3. The van der Waals surface area contributed by atoms with Gasteiger partial charge in [0, 0.05) is 24.7 Å². The summed E-state index contributed by atoms with van der Waals surface area (Å²) in [5, 5.41) is 2.88. The predicted octanol–water partition coefficient (Wildman–Crippen LogP) is 3.68. The molecular formula is C23H28N2O4. The molecule has 0 unspecified atom stereocenters. The van der Waals surface area contributed by atoms with Crippen LogP contribution in [0.25, 0.3) is 0 Å². The molecule has 2 aromatic rings. The fourth-order valence-corrected chi connectivity index (χ4v) is 3.06. The van der Waals surface area contributed by atoms with Crippen LogP contribution in [0.15, 0.2) is 36.4 Å². The van der Waals surface area contributed by atoms with E-state index >= 15 is 0 Å². The van der Waals surface area contributed by atoms with Gasteiger partial charge in [-0.1, -0.05) is 24.6 Å². The van der Waals surface area contributed by atoms with E-state index in [0.29, 0.717) is 17.7 Å². The van der Waals surface area contributed by atoms with Crippen molar-refractivity contribution in [3.8, 4) is 5.75 Å². The van der Waals surface area contributed by atoms with Gasteiger partial charge in [0.25, 0.3) is 5.91 Å². The van der Waals surface area contributed by atoms with Gasteiger partial charge < -0.3 is 15.0 Å². The Morgan fingerprint density at radius 2 is 1.59 bits per heavy atom. The zero-order valence-corrected chi connectivity index (χ0v) is 17.7. The molecule has 0 aliphatic rings. The smallest absolute Gasteiger partial charge is 0.260 e. The Bertz CT molecular complexity index is 881. The summed E-state index contributed by atoms with van der Waals surface area (Å²) in [6.45, 7) is 7.44. The van der Waals surface area contributed by atoms with Crippen molar-refractivity contribution in [2.75, 3.05) is 25.5 Å². The van der Waals surface area contributed by atoms with Crippen molar-refractivity contribution in [2.24, 2.45) is 0 Å². The first kappa shape index (κ1) is 22.1. The Balaban J connectivity index is 1.87. The lowest BCUT2D eigenvalue weighted by atomic mass is 10.1. The molecule has 0 spiro atoms. The average Bonchev–Trinajstić information content (AvgIpc) is 2.68. The number of aryl methyl sites for hydroxylation is 3. The standard InChI is InChI=1S/C23H28N2O4/c1-6-20(26)18-7-9-19(10-8-18)29-14-22(28)25(5)13-21(27)24-23-16(3)11-15(2)12-17(23)4/h7-12H,6,13-14H2,1-5H3,(H,24,27). The first-order valence-electron chi connectivity index (χ1n) is 9.59. The number of carbonyl (C=O) groups is 3. The third-order valence-electron chi connectivity index (χ3n) is 4.61. The van der Waals surface area contributed by atoms with E-state index in [-0.39, 0.29) is 30.7 Å². The topological polar surface area (TPSA) is 75.7 Å². The molecule has 0 bridgehead atoms. The van der Waals surface area contributed by atoms with E-state index in [1.807, 2.05) is 32.9 Å². The Labute approximate surface area is 171 Å². The lowest BCUT2D eigenvalue weighted by Gasteiger charge is -2.18.